The molecule has 0 aromatic heterocycles. The van der Waals surface area contributed by atoms with Gasteiger partial charge in [0.05, 0.1) is 31.3 Å². The van der Waals surface area contributed by atoms with E-state index >= 15 is 0 Å². The number of rotatable bonds is 39. The molecule has 0 heterocycles. The van der Waals surface area contributed by atoms with Gasteiger partial charge in [0.1, 0.15) is 0 Å². The van der Waals surface area contributed by atoms with Crippen molar-refractivity contribution in [2.45, 2.75) is 238 Å². The first kappa shape index (κ1) is 48.6. The number of amides is 1. The largest absolute Gasteiger partial charge is 0.394 e. The molecule has 0 aliphatic carbocycles. The van der Waals surface area contributed by atoms with Gasteiger partial charge in [-0.2, -0.15) is 0 Å². The van der Waals surface area contributed by atoms with Gasteiger partial charge in [0.25, 0.3) is 0 Å². The van der Waals surface area contributed by atoms with Crippen LogP contribution in [-0.4, -0.2) is 46.1 Å². The lowest BCUT2D eigenvalue weighted by Crippen LogP contribution is -2.45. The third-order valence-electron chi connectivity index (χ3n) is 9.93. The average Bonchev–Trinajstić information content (AvgIpc) is 3.11. The van der Waals surface area contributed by atoms with Crippen molar-refractivity contribution in [3.8, 4) is 0 Å². The lowest BCUT2D eigenvalue weighted by atomic mass is 10.0. The molecule has 3 unspecified atom stereocenters. The minimum absolute atomic E-state index is 0.0132. The van der Waals surface area contributed by atoms with E-state index < -0.39 is 18.2 Å². The molecule has 0 fully saturated rings. The monoisotopic (exact) mass is 704 g/mol. The number of nitrogens with one attached hydrogen (secondary N) is 1. The van der Waals surface area contributed by atoms with Crippen LogP contribution in [0.5, 0.6) is 0 Å². The summed E-state index contributed by atoms with van der Waals surface area (Å²) in [6.45, 7) is 4.11. The molecule has 0 spiro atoms. The van der Waals surface area contributed by atoms with Gasteiger partial charge >= 0.3 is 0 Å². The maximum atomic E-state index is 12.4. The van der Waals surface area contributed by atoms with Gasteiger partial charge in [-0.1, -0.05) is 204 Å². The maximum absolute atomic E-state index is 12.4. The molecule has 0 bridgehead atoms. The van der Waals surface area contributed by atoms with Gasteiger partial charge in [0.15, 0.2) is 0 Å². The van der Waals surface area contributed by atoms with E-state index in [9.17, 15) is 20.1 Å². The zero-order valence-electron chi connectivity index (χ0n) is 33.3. The number of carbonyl (C=O) groups is 1. The normalized spacial score (nSPS) is 13.9. The smallest absolute Gasteiger partial charge is 0.222 e. The summed E-state index contributed by atoms with van der Waals surface area (Å²) in [7, 11) is 0. The zero-order valence-corrected chi connectivity index (χ0v) is 33.3. The highest BCUT2D eigenvalue weighted by Crippen LogP contribution is 2.16. The molecule has 0 rings (SSSR count). The number of carbonyl (C=O) groups excluding carboxylic acids is 1. The van der Waals surface area contributed by atoms with Crippen LogP contribution in [0, 0.1) is 0 Å². The molecule has 5 heteroatoms. The third kappa shape index (κ3) is 36.4. The van der Waals surface area contributed by atoms with E-state index in [1.54, 1.807) is 6.08 Å². The van der Waals surface area contributed by atoms with E-state index in [1.807, 2.05) is 6.08 Å². The number of hydrogen-bond acceptors (Lipinski definition) is 4. The van der Waals surface area contributed by atoms with Crippen molar-refractivity contribution in [2.24, 2.45) is 0 Å². The van der Waals surface area contributed by atoms with E-state index in [4.69, 9.17) is 0 Å². The first-order valence-electron chi connectivity index (χ1n) is 21.8. The van der Waals surface area contributed by atoms with Crippen LogP contribution in [0.2, 0.25) is 0 Å². The first-order valence-corrected chi connectivity index (χ1v) is 21.8. The van der Waals surface area contributed by atoms with E-state index in [0.29, 0.717) is 6.42 Å². The van der Waals surface area contributed by atoms with Gasteiger partial charge in [0.2, 0.25) is 5.91 Å². The Bertz CT molecular complexity index is 779. The molecule has 0 aliphatic rings. The fourth-order valence-electron chi connectivity index (χ4n) is 6.61. The standard InChI is InChI=1S/C45H85NO4/c1-3-5-7-9-11-13-15-17-19-21-22-23-24-26-28-30-32-34-36-38-42(48)40-45(50)46-43(41-47)44(49)39-37-35-33-31-29-27-25-20-18-16-14-12-10-8-6-4-2/h5,7,11,13,37,39,42-44,47-49H,3-4,6,8-10,12,14-36,38,40-41H2,1-2H3,(H,46,50)/b7-5-,13-11-,39-37+. The molecule has 0 aromatic rings. The van der Waals surface area contributed by atoms with E-state index in [2.05, 4.69) is 43.5 Å². The molecular weight excluding hydrogens is 618 g/mol. The summed E-state index contributed by atoms with van der Waals surface area (Å²) in [6, 6.07) is -0.743. The molecular formula is C45H85NO4. The molecule has 0 aromatic carbocycles. The Balaban J connectivity index is 3.66. The van der Waals surface area contributed by atoms with Gasteiger partial charge in [-0.05, 0) is 44.9 Å². The first-order chi connectivity index (χ1) is 24.5. The van der Waals surface area contributed by atoms with Gasteiger partial charge in [0, 0.05) is 0 Å². The number of hydrogen-bond donors (Lipinski definition) is 4. The molecule has 5 nitrogen and oxygen atoms in total. The highest BCUT2D eigenvalue weighted by molar-refractivity contribution is 5.76. The summed E-state index contributed by atoms with van der Waals surface area (Å²) in [5, 5.41) is 33.2. The Kier molecular flexibility index (Phi) is 39.2. The van der Waals surface area contributed by atoms with E-state index in [0.717, 1.165) is 38.5 Å². The van der Waals surface area contributed by atoms with Crippen LogP contribution in [0.15, 0.2) is 36.5 Å². The van der Waals surface area contributed by atoms with Crippen LogP contribution in [-0.2, 0) is 4.79 Å². The topological polar surface area (TPSA) is 89.8 Å². The summed E-state index contributed by atoms with van der Waals surface area (Å²) in [5.74, 6) is -0.316. The maximum Gasteiger partial charge on any atom is 0.222 e. The number of unbranched alkanes of at least 4 members (excludes halogenated alkanes) is 26. The van der Waals surface area contributed by atoms with Gasteiger partial charge < -0.3 is 20.6 Å². The lowest BCUT2D eigenvalue weighted by Gasteiger charge is -2.21. The second kappa shape index (κ2) is 40.3. The number of aliphatic hydroxyl groups is 3. The van der Waals surface area contributed by atoms with Crippen LogP contribution >= 0.6 is 0 Å². The molecule has 0 aliphatic heterocycles. The van der Waals surface area contributed by atoms with Crippen LogP contribution in [0.3, 0.4) is 0 Å². The Hall–Kier alpha value is -1.43. The second-order valence-electron chi connectivity index (χ2n) is 14.9. The minimum Gasteiger partial charge on any atom is -0.394 e. The van der Waals surface area contributed by atoms with E-state index in [-0.39, 0.29) is 18.9 Å². The van der Waals surface area contributed by atoms with E-state index in [1.165, 1.54) is 154 Å². The fraction of sp³-hybridized carbons (Fsp3) is 0.844. The number of aliphatic hydroxyl groups excluding tert-OH is 3. The lowest BCUT2D eigenvalue weighted by molar-refractivity contribution is -0.124. The minimum atomic E-state index is -0.927. The second-order valence-corrected chi connectivity index (χ2v) is 14.9. The highest BCUT2D eigenvalue weighted by Gasteiger charge is 2.20. The molecule has 1 amide bonds. The Morgan fingerprint density at radius 1 is 0.540 bits per heavy atom. The molecule has 0 radical (unpaired) electrons. The van der Waals surface area contributed by atoms with Gasteiger partial charge in [-0.25, -0.2) is 0 Å². The van der Waals surface area contributed by atoms with Crippen molar-refractivity contribution in [1.29, 1.82) is 0 Å². The van der Waals surface area contributed by atoms with Crippen LogP contribution in [0.25, 0.3) is 0 Å². The number of allylic oxidation sites excluding steroid dienone is 5. The Labute approximate surface area is 311 Å². The molecule has 294 valence electrons. The zero-order chi connectivity index (χ0) is 36.6. The van der Waals surface area contributed by atoms with Crippen molar-refractivity contribution < 1.29 is 20.1 Å². The molecule has 0 saturated carbocycles. The predicted molar refractivity (Wildman–Crippen MR) is 218 cm³/mol. The van der Waals surface area contributed by atoms with Crippen LogP contribution in [0.4, 0.5) is 0 Å². The van der Waals surface area contributed by atoms with Crippen LogP contribution in [0.1, 0.15) is 219 Å². The van der Waals surface area contributed by atoms with Gasteiger partial charge in [-0.15, -0.1) is 0 Å². The summed E-state index contributed by atoms with van der Waals surface area (Å²) in [5.41, 5.74) is 0. The quantitative estimate of drug-likeness (QED) is 0.0379. The molecule has 0 saturated heterocycles. The van der Waals surface area contributed by atoms with Crippen molar-refractivity contribution in [2.75, 3.05) is 6.61 Å². The highest BCUT2D eigenvalue weighted by atomic mass is 16.3. The fourth-order valence-corrected chi connectivity index (χ4v) is 6.61. The van der Waals surface area contributed by atoms with Crippen molar-refractivity contribution in [3.63, 3.8) is 0 Å². The summed E-state index contributed by atoms with van der Waals surface area (Å²) in [6.07, 6.45) is 50.0. The van der Waals surface area contributed by atoms with Crippen molar-refractivity contribution in [3.05, 3.63) is 36.5 Å². The van der Waals surface area contributed by atoms with Crippen LogP contribution < -0.4 is 5.32 Å². The SMILES string of the molecule is CC/C=C\C/C=C\CCCCCCCCCCCCCCC(O)CC(=O)NC(CO)C(O)/C=C/CCCCCCCCCCCCCCCC. The summed E-state index contributed by atoms with van der Waals surface area (Å²) in [4.78, 5) is 12.4. The molecule has 50 heavy (non-hydrogen) atoms. The summed E-state index contributed by atoms with van der Waals surface area (Å²) >= 11 is 0. The van der Waals surface area contributed by atoms with Crippen molar-refractivity contribution >= 4 is 5.91 Å². The summed E-state index contributed by atoms with van der Waals surface area (Å²) < 4.78 is 0. The van der Waals surface area contributed by atoms with Gasteiger partial charge in [-0.3, -0.25) is 4.79 Å². The molecule has 4 N–H and O–H groups in total. The Morgan fingerprint density at radius 3 is 1.42 bits per heavy atom. The third-order valence-corrected chi connectivity index (χ3v) is 9.93. The Morgan fingerprint density at radius 2 is 0.960 bits per heavy atom. The predicted octanol–water partition coefficient (Wildman–Crippen LogP) is 12.4. The average molecular weight is 704 g/mol. The van der Waals surface area contributed by atoms with Crippen molar-refractivity contribution in [1.82, 2.24) is 5.32 Å². The molecule has 3 atom stereocenters.